The van der Waals surface area contributed by atoms with Crippen molar-refractivity contribution in [1.82, 2.24) is 10.0 Å². The first-order valence-electron chi connectivity index (χ1n) is 6.62. The first kappa shape index (κ1) is 17.9. The molecule has 1 aromatic heterocycles. The summed E-state index contributed by atoms with van der Waals surface area (Å²) in [5, 5.41) is 3.29. The first-order valence-corrected chi connectivity index (χ1v) is 8.92. The van der Waals surface area contributed by atoms with Crippen LogP contribution in [0.3, 0.4) is 0 Å². The molecular weight excluding hydrogens is 316 g/mol. The third kappa shape index (κ3) is 4.43. The SMILES string of the molecule is CC(C)(C)c1ccc(S(=O)(=O)NCC2CCCN2)s1.Cl. The third-order valence-electron chi connectivity index (χ3n) is 3.27. The van der Waals surface area contributed by atoms with Crippen LogP contribution in [0.15, 0.2) is 16.3 Å². The van der Waals surface area contributed by atoms with E-state index in [1.165, 1.54) is 11.3 Å². The zero-order valence-electron chi connectivity index (χ0n) is 12.1. The highest BCUT2D eigenvalue weighted by Crippen LogP contribution is 2.31. The second-order valence-electron chi connectivity index (χ2n) is 6.01. The van der Waals surface area contributed by atoms with Crippen LogP contribution in [0.5, 0.6) is 0 Å². The number of hydrogen-bond acceptors (Lipinski definition) is 4. The lowest BCUT2D eigenvalue weighted by atomic mass is 9.95. The van der Waals surface area contributed by atoms with Gasteiger partial charge < -0.3 is 5.32 Å². The van der Waals surface area contributed by atoms with Gasteiger partial charge in [-0.25, -0.2) is 13.1 Å². The zero-order chi connectivity index (χ0) is 14.1. The van der Waals surface area contributed by atoms with E-state index in [1.807, 2.05) is 6.07 Å². The number of hydrogen-bond donors (Lipinski definition) is 2. The van der Waals surface area contributed by atoms with Crippen molar-refractivity contribution in [3.8, 4) is 0 Å². The molecule has 116 valence electrons. The fourth-order valence-electron chi connectivity index (χ4n) is 2.08. The normalized spacial score (nSPS) is 19.9. The summed E-state index contributed by atoms with van der Waals surface area (Å²) in [5.41, 5.74) is -0.00849. The predicted octanol–water partition coefficient (Wildman–Crippen LogP) is 2.50. The van der Waals surface area contributed by atoms with Gasteiger partial charge >= 0.3 is 0 Å². The summed E-state index contributed by atoms with van der Waals surface area (Å²) in [6, 6.07) is 3.89. The maximum Gasteiger partial charge on any atom is 0.250 e. The van der Waals surface area contributed by atoms with Gasteiger partial charge in [0.2, 0.25) is 10.0 Å². The van der Waals surface area contributed by atoms with Gasteiger partial charge in [0, 0.05) is 17.5 Å². The van der Waals surface area contributed by atoms with Crippen molar-refractivity contribution in [3.05, 3.63) is 17.0 Å². The third-order valence-corrected chi connectivity index (χ3v) is 6.69. The Morgan fingerprint density at radius 3 is 2.60 bits per heavy atom. The largest absolute Gasteiger partial charge is 0.313 e. The molecule has 0 aromatic carbocycles. The van der Waals surface area contributed by atoms with Crippen LogP contribution < -0.4 is 10.0 Å². The predicted molar refractivity (Wildman–Crippen MR) is 86.5 cm³/mol. The number of thiophene rings is 1. The van der Waals surface area contributed by atoms with Crippen LogP contribution in [0.2, 0.25) is 0 Å². The van der Waals surface area contributed by atoms with Crippen LogP contribution in [0.1, 0.15) is 38.5 Å². The van der Waals surface area contributed by atoms with Crippen molar-refractivity contribution in [1.29, 1.82) is 0 Å². The summed E-state index contributed by atoms with van der Waals surface area (Å²) in [4.78, 5) is 1.09. The molecule has 1 atom stereocenters. The Labute approximate surface area is 131 Å². The molecule has 20 heavy (non-hydrogen) atoms. The average molecular weight is 339 g/mol. The molecule has 7 heteroatoms. The van der Waals surface area contributed by atoms with Crippen molar-refractivity contribution >= 4 is 33.8 Å². The Hall–Kier alpha value is -0.140. The minimum Gasteiger partial charge on any atom is -0.313 e. The minimum atomic E-state index is -3.36. The van der Waals surface area contributed by atoms with E-state index in [0.29, 0.717) is 10.8 Å². The Morgan fingerprint density at radius 2 is 2.10 bits per heavy atom. The molecule has 1 aliphatic heterocycles. The van der Waals surface area contributed by atoms with Crippen LogP contribution >= 0.6 is 23.7 Å². The number of halogens is 1. The second-order valence-corrected chi connectivity index (χ2v) is 9.09. The van der Waals surface area contributed by atoms with Crippen molar-refractivity contribution < 1.29 is 8.42 Å². The highest BCUT2D eigenvalue weighted by atomic mass is 35.5. The molecule has 2 N–H and O–H groups in total. The molecule has 1 unspecified atom stereocenters. The maximum absolute atomic E-state index is 12.2. The summed E-state index contributed by atoms with van der Waals surface area (Å²) >= 11 is 1.36. The fraction of sp³-hybridized carbons (Fsp3) is 0.692. The Balaban J connectivity index is 0.00000200. The highest BCUT2D eigenvalue weighted by molar-refractivity contribution is 7.91. The summed E-state index contributed by atoms with van der Waals surface area (Å²) in [6.07, 6.45) is 2.17. The summed E-state index contributed by atoms with van der Waals surface area (Å²) < 4.78 is 27.5. The van der Waals surface area contributed by atoms with E-state index in [1.54, 1.807) is 6.07 Å². The van der Waals surface area contributed by atoms with Gasteiger partial charge in [-0.1, -0.05) is 20.8 Å². The Morgan fingerprint density at radius 1 is 1.40 bits per heavy atom. The van der Waals surface area contributed by atoms with Gasteiger partial charge in [0.05, 0.1) is 0 Å². The second kappa shape index (κ2) is 6.75. The first-order chi connectivity index (χ1) is 8.79. The lowest BCUT2D eigenvalue weighted by molar-refractivity contribution is 0.553. The summed E-state index contributed by atoms with van der Waals surface area (Å²) in [6.45, 7) is 7.73. The van der Waals surface area contributed by atoms with Crippen molar-refractivity contribution in [2.24, 2.45) is 0 Å². The van der Waals surface area contributed by atoms with Gasteiger partial charge in [0.15, 0.2) is 0 Å². The monoisotopic (exact) mass is 338 g/mol. The molecule has 4 nitrogen and oxygen atoms in total. The molecule has 1 aliphatic rings. The standard InChI is InChI=1S/C13H22N2O2S2.ClH/c1-13(2,3)11-6-7-12(18-11)19(16,17)15-9-10-5-4-8-14-10;/h6-7,10,14-15H,4-5,8-9H2,1-3H3;1H. The Bertz CT molecular complexity index is 529. The number of nitrogens with one attached hydrogen (secondary N) is 2. The smallest absolute Gasteiger partial charge is 0.250 e. The molecule has 1 saturated heterocycles. The van der Waals surface area contributed by atoms with E-state index >= 15 is 0 Å². The average Bonchev–Trinajstić information content (AvgIpc) is 2.97. The molecule has 0 spiro atoms. The van der Waals surface area contributed by atoms with Crippen molar-refractivity contribution in [2.75, 3.05) is 13.1 Å². The van der Waals surface area contributed by atoms with Crippen LogP contribution in [-0.2, 0) is 15.4 Å². The molecule has 2 rings (SSSR count). The molecule has 2 heterocycles. The molecule has 0 bridgehead atoms. The van der Waals surface area contributed by atoms with Crippen LogP contribution in [0.4, 0.5) is 0 Å². The van der Waals surface area contributed by atoms with Crippen molar-refractivity contribution in [2.45, 2.75) is 49.3 Å². The number of sulfonamides is 1. The summed E-state index contributed by atoms with van der Waals surface area (Å²) in [7, 11) is -3.36. The highest BCUT2D eigenvalue weighted by Gasteiger charge is 2.23. The van der Waals surface area contributed by atoms with Crippen LogP contribution in [0.25, 0.3) is 0 Å². The quantitative estimate of drug-likeness (QED) is 0.886. The molecular formula is C13H23ClN2O2S2. The van der Waals surface area contributed by atoms with E-state index in [4.69, 9.17) is 0 Å². The van der Waals surface area contributed by atoms with Gasteiger partial charge in [-0.15, -0.1) is 23.7 Å². The minimum absolute atomic E-state index is 0. The maximum atomic E-state index is 12.2. The van der Waals surface area contributed by atoms with Gasteiger partial charge in [-0.3, -0.25) is 0 Å². The van der Waals surface area contributed by atoms with Crippen LogP contribution in [0, 0.1) is 0 Å². The van der Waals surface area contributed by atoms with Gasteiger partial charge in [-0.05, 0) is 36.9 Å². The van der Waals surface area contributed by atoms with E-state index in [-0.39, 0.29) is 23.9 Å². The molecule has 0 aliphatic carbocycles. The molecule has 0 amide bonds. The zero-order valence-corrected chi connectivity index (χ0v) is 14.6. The molecule has 0 radical (unpaired) electrons. The molecule has 1 fully saturated rings. The fourth-order valence-corrected chi connectivity index (χ4v) is 4.57. The topological polar surface area (TPSA) is 58.2 Å². The molecule has 1 aromatic rings. The van der Waals surface area contributed by atoms with Gasteiger partial charge in [-0.2, -0.15) is 0 Å². The van der Waals surface area contributed by atoms with E-state index < -0.39 is 10.0 Å². The van der Waals surface area contributed by atoms with Crippen LogP contribution in [-0.4, -0.2) is 27.5 Å². The van der Waals surface area contributed by atoms with Gasteiger partial charge in [0.1, 0.15) is 4.21 Å². The molecule has 0 saturated carbocycles. The summed E-state index contributed by atoms with van der Waals surface area (Å²) in [5.74, 6) is 0. The van der Waals surface area contributed by atoms with E-state index in [9.17, 15) is 8.42 Å². The van der Waals surface area contributed by atoms with E-state index in [0.717, 1.165) is 24.3 Å². The number of rotatable bonds is 4. The Kier molecular flexibility index (Phi) is 6.04. The lowest BCUT2D eigenvalue weighted by Crippen LogP contribution is -2.36. The van der Waals surface area contributed by atoms with E-state index in [2.05, 4.69) is 30.8 Å². The van der Waals surface area contributed by atoms with Crippen molar-refractivity contribution in [3.63, 3.8) is 0 Å². The van der Waals surface area contributed by atoms with Gasteiger partial charge in [0.25, 0.3) is 0 Å². The lowest BCUT2D eigenvalue weighted by Gasteiger charge is -2.15.